The van der Waals surface area contributed by atoms with Crippen LogP contribution in [0.15, 0.2) is 126 Å². The summed E-state index contributed by atoms with van der Waals surface area (Å²) in [6.07, 6.45) is 0. The van der Waals surface area contributed by atoms with E-state index in [-0.39, 0.29) is 0 Å². The first-order valence-corrected chi connectivity index (χ1v) is 11.8. The molecule has 0 heterocycles. The molecule has 0 saturated carbocycles. The molecule has 5 aromatic rings. The Bertz CT molecular complexity index is 1490. The molecule has 6 rings (SSSR count). The number of aliphatic hydroxyl groups is 1. The molecule has 0 aliphatic heterocycles. The molecule has 0 amide bonds. The second-order valence-corrected chi connectivity index (χ2v) is 9.32. The van der Waals surface area contributed by atoms with Crippen LogP contribution in [0.1, 0.15) is 16.7 Å². The summed E-state index contributed by atoms with van der Waals surface area (Å²) in [5, 5.41) is 12.9. The zero-order chi connectivity index (χ0) is 22.4. The fraction of sp³-hybridized carbons (Fsp3) is 0.0323. The van der Waals surface area contributed by atoms with E-state index < -0.39 is 5.60 Å². The van der Waals surface area contributed by atoms with Crippen LogP contribution in [0.25, 0.3) is 33.4 Å². The van der Waals surface area contributed by atoms with Crippen LogP contribution in [0, 0.1) is 0 Å². The van der Waals surface area contributed by atoms with Gasteiger partial charge in [-0.25, -0.2) is 0 Å². The predicted molar refractivity (Wildman–Crippen MR) is 139 cm³/mol. The van der Waals surface area contributed by atoms with E-state index in [0.29, 0.717) is 0 Å². The SMILES string of the molecule is OC1(c2ccccc2-c2ccccc2)c2ccccc2-c2ccccc2-c2cc(Br)ccc21. The summed E-state index contributed by atoms with van der Waals surface area (Å²) in [5.41, 5.74) is 7.74. The number of hydrogen-bond donors (Lipinski definition) is 1. The van der Waals surface area contributed by atoms with Crippen molar-refractivity contribution in [3.05, 3.63) is 142 Å². The van der Waals surface area contributed by atoms with Gasteiger partial charge in [0.1, 0.15) is 5.60 Å². The lowest BCUT2D eigenvalue weighted by Gasteiger charge is -2.33. The Morgan fingerprint density at radius 2 is 0.939 bits per heavy atom. The average molecular weight is 489 g/mol. The van der Waals surface area contributed by atoms with Crippen LogP contribution >= 0.6 is 15.9 Å². The summed E-state index contributed by atoms with van der Waals surface area (Å²) in [5.74, 6) is 0. The number of halogens is 1. The molecule has 1 nitrogen and oxygen atoms in total. The zero-order valence-electron chi connectivity index (χ0n) is 17.9. The van der Waals surface area contributed by atoms with Crippen molar-refractivity contribution in [3.63, 3.8) is 0 Å². The molecule has 0 fully saturated rings. The summed E-state index contributed by atoms with van der Waals surface area (Å²) in [6, 6.07) is 41.4. The molecule has 158 valence electrons. The highest BCUT2D eigenvalue weighted by atomic mass is 79.9. The molecule has 0 radical (unpaired) electrons. The van der Waals surface area contributed by atoms with Gasteiger partial charge in [0, 0.05) is 21.2 Å². The molecule has 1 N–H and O–H groups in total. The zero-order valence-corrected chi connectivity index (χ0v) is 19.5. The smallest absolute Gasteiger partial charge is 0.142 e. The molecule has 1 aliphatic carbocycles. The quantitative estimate of drug-likeness (QED) is 0.266. The Balaban J connectivity index is 1.78. The van der Waals surface area contributed by atoms with Gasteiger partial charge in [0.15, 0.2) is 0 Å². The van der Waals surface area contributed by atoms with E-state index in [1.54, 1.807) is 0 Å². The van der Waals surface area contributed by atoms with Crippen molar-refractivity contribution in [2.24, 2.45) is 0 Å². The molecule has 0 spiro atoms. The predicted octanol–water partition coefficient (Wildman–Crippen LogP) is 8.05. The standard InChI is InChI=1S/C31H21BrO/c32-22-18-19-30-27(20-22)25-14-5-4-13-24(25)26-15-7-9-17-29(26)31(30,33)28-16-8-6-12-23(28)21-10-2-1-3-11-21/h1-20,33H. The first-order chi connectivity index (χ1) is 16.2. The Hall–Kier alpha value is -3.46. The highest BCUT2D eigenvalue weighted by molar-refractivity contribution is 9.10. The molecule has 1 unspecified atom stereocenters. The van der Waals surface area contributed by atoms with Crippen LogP contribution in [0.2, 0.25) is 0 Å². The maximum Gasteiger partial charge on any atom is 0.142 e. The van der Waals surface area contributed by atoms with E-state index in [0.717, 1.165) is 54.5 Å². The van der Waals surface area contributed by atoms with Crippen molar-refractivity contribution in [1.29, 1.82) is 0 Å². The van der Waals surface area contributed by atoms with Crippen LogP contribution in [0.3, 0.4) is 0 Å². The molecule has 0 saturated heterocycles. The van der Waals surface area contributed by atoms with E-state index in [1.807, 2.05) is 48.5 Å². The van der Waals surface area contributed by atoms with E-state index >= 15 is 0 Å². The first-order valence-electron chi connectivity index (χ1n) is 11.0. The summed E-state index contributed by atoms with van der Waals surface area (Å²) in [7, 11) is 0. The van der Waals surface area contributed by atoms with Crippen molar-refractivity contribution < 1.29 is 5.11 Å². The minimum absolute atomic E-state index is 0.875. The molecule has 2 heteroatoms. The van der Waals surface area contributed by atoms with Gasteiger partial charge in [-0.2, -0.15) is 0 Å². The van der Waals surface area contributed by atoms with Crippen LogP contribution in [-0.4, -0.2) is 5.11 Å². The molecule has 1 aliphatic rings. The summed E-state index contributed by atoms with van der Waals surface area (Å²) < 4.78 is 0.987. The topological polar surface area (TPSA) is 20.2 Å². The summed E-state index contributed by atoms with van der Waals surface area (Å²) in [6.45, 7) is 0. The highest BCUT2D eigenvalue weighted by Gasteiger charge is 2.41. The van der Waals surface area contributed by atoms with Gasteiger partial charge in [-0.1, -0.05) is 125 Å². The van der Waals surface area contributed by atoms with E-state index in [4.69, 9.17) is 0 Å². The third-order valence-corrected chi connectivity index (χ3v) is 7.09. The van der Waals surface area contributed by atoms with Gasteiger partial charge < -0.3 is 5.11 Å². The van der Waals surface area contributed by atoms with Crippen molar-refractivity contribution in [2.75, 3.05) is 0 Å². The van der Waals surface area contributed by atoms with Gasteiger partial charge in [-0.3, -0.25) is 0 Å². The summed E-state index contributed by atoms with van der Waals surface area (Å²) >= 11 is 3.67. The Morgan fingerprint density at radius 3 is 1.64 bits per heavy atom. The number of rotatable bonds is 2. The highest BCUT2D eigenvalue weighted by Crippen LogP contribution is 2.52. The first kappa shape index (κ1) is 20.2. The second kappa shape index (κ2) is 7.84. The normalized spacial score (nSPS) is 16.3. The van der Waals surface area contributed by atoms with Gasteiger partial charge in [-0.15, -0.1) is 0 Å². The van der Waals surface area contributed by atoms with Gasteiger partial charge in [0.25, 0.3) is 0 Å². The molecule has 0 bridgehead atoms. The van der Waals surface area contributed by atoms with E-state index in [9.17, 15) is 5.11 Å². The van der Waals surface area contributed by atoms with Crippen molar-refractivity contribution in [3.8, 4) is 33.4 Å². The monoisotopic (exact) mass is 488 g/mol. The molecular weight excluding hydrogens is 468 g/mol. The number of fused-ring (bicyclic) bond motifs is 5. The van der Waals surface area contributed by atoms with Gasteiger partial charge in [-0.05, 0) is 45.5 Å². The summed E-state index contributed by atoms with van der Waals surface area (Å²) in [4.78, 5) is 0. The van der Waals surface area contributed by atoms with Crippen molar-refractivity contribution in [1.82, 2.24) is 0 Å². The van der Waals surface area contributed by atoms with Crippen molar-refractivity contribution >= 4 is 15.9 Å². The average Bonchev–Trinajstić information content (AvgIpc) is 2.97. The molecule has 5 aromatic carbocycles. The minimum atomic E-state index is -1.34. The molecule has 0 aromatic heterocycles. The molecular formula is C31H21BrO. The fourth-order valence-electron chi connectivity index (χ4n) is 5.14. The van der Waals surface area contributed by atoms with Crippen LogP contribution in [0.5, 0.6) is 0 Å². The van der Waals surface area contributed by atoms with Crippen molar-refractivity contribution in [2.45, 2.75) is 5.60 Å². The largest absolute Gasteiger partial charge is 0.376 e. The Morgan fingerprint density at radius 1 is 0.455 bits per heavy atom. The lowest BCUT2D eigenvalue weighted by molar-refractivity contribution is 0.128. The molecule has 33 heavy (non-hydrogen) atoms. The maximum absolute atomic E-state index is 12.9. The van der Waals surface area contributed by atoms with Crippen LogP contribution < -0.4 is 0 Å². The van der Waals surface area contributed by atoms with E-state index in [2.05, 4.69) is 88.7 Å². The minimum Gasteiger partial charge on any atom is -0.376 e. The molecule has 1 atom stereocenters. The van der Waals surface area contributed by atoms with E-state index in [1.165, 1.54) is 0 Å². The number of hydrogen-bond acceptors (Lipinski definition) is 1. The Kier molecular flexibility index (Phi) is 4.79. The lowest BCUT2D eigenvalue weighted by atomic mass is 9.75. The van der Waals surface area contributed by atoms with Gasteiger partial charge in [0.2, 0.25) is 0 Å². The maximum atomic E-state index is 12.9. The van der Waals surface area contributed by atoms with Crippen LogP contribution in [0.4, 0.5) is 0 Å². The van der Waals surface area contributed by atoms with Crippen LogP contribution in [-0.2, 0) is 5.60 Å². The third-order valence-electron chi connectivity index (χ3n) is 6.60. The third kappa shape index (κ3) is 3.10. The Labute approximate surface area is 202 Å². The van der Waals surface area contributed by atoms with Gasteiger partial charge in [0.05, 0.1) is 0 Å². The van der Waals surface area contributed by atoms with Gasteiger partial charge >= 0.3 is 0 Å². The fourth-order valence-corrected chi connectivity index (χ4v) is 5.51. The lowest BCUT2D eigenvalue weighted by Crippen LogP contribution is -2.30. The second-order valence-electron chi connectivity index (χ2n) is 8.40. The number of benzene rings is 5.